The maximum Gasteiger partial charge on any atom is 0.342 e. The first-order valence-corrected chi connectivity index (χ1v) is 9.04. The second-order valence-corrected chi connectivity index (χ2v) is 6.98. The van der Waals surface area contributed by atoms with Crippen LogP contribution in [0.1, 0.15) is 43.2 Å². The Morgan fingerprint density at radius 2 is 1.57 bits per heavy atom. The monoisotopic (exact) mass is 377 g/mol. The zero-order valence-corrected chi connectivity index (χ0v) is 16.4. The van der Waals surface area contributed by atoms with E-state index in [1.807, 2.05) is 38.3 Å². The molecule has 3 rings (SSSR count). The van der Waals surface area contributed by atoms with Crippen LogP contribution in [0, 0.1) is 27.7 Å². The van der Waals surface area contributed by atoms with E-state index in [2.05, 4.69) is 18.2 Å². The predicted octanol–water partition coefficient (Wildman–Crippen LogP) is 4.46. The topological polar surface area (TPSA) is 68.5 Å². The van der Waals surface area contributed by atoms with Crippen LogP contribution in [0.2, 0.25) is 0 Å². The molecule has 1 heterocycles. The van der Waals surface area contributed by atoms with Crippen LogP contribution in [0.3, 0.4) is 0 Å². The summed E-state index contributed by atoms with van der Waals surface area (Å²) in [5.41, 5.74) is 5.57. The summed E-state index contributed by atoms with van der Waals surface area (Å²) in [6, 6.07) is 14.1. The van der Waals surface area contributed by atoms with Crippen molar-refractivity contribution in [3.05, 3.63) is 82.2 Å². The summed E-state index contributed by atoms with van der Waals surface area (Å²) >= 11 is 0. The average Bonchev–Trinajstić information content (AvgIpc) is 2.93. The number of rotatable bonds is 5. The van der Waals surface area contributed by atoms with E-state index < -0.39 is 5.97 Å². The molecule has 0 amide bonds. The quantitative estimate of drug-likeness (QED) is 0.527. The zero-order chi connectivity index (χ0) is 20.4. The Morgan fingerprint density at radius 1 is 0.929 bits per heavy atom. The van der Waals surface area contributed by atoms with Gasteiger partial charge in [-0.15, -0.1) is 0 Å². The normalized spacial score (nSPS) is 10.7. The summed E-state index contributed by atoms with van der Waals surface area (Å²) in [6.45, 7) is 7.51. The summed E-state index contributed by atoms with van der Waals surface area (Å²) in [5, 5.41) is 9.73. The lowest BCUT2D eigenvalue weighted by atomic mass is 10.1. The molecule has 1 aromatic heterocycles. The zero-order valence-electron chi connectivity index (χ0n) is 16.4. The van der Waals surface area contributed by atoms with Gasteiger partial charge in [0.2, 0.25) is 5.78 Å². The van der Waals surface area contributed by atoms with Crippen LogP contribution in [0.15, 0.2) is 48.5 Å². The lowest BCUT2D eigenvalue weighted by Gasteiger charge is -2.12. The molecule has 0 atom stereocenters. The Hall–Kier alpha value is -3.34. The van der Waals surface area contributed by atoms with Gasteiger partial charge in [0.05, 0.1) is 0 Å². The van der Waals surface area contributed by atoms with Crippen molar-refractivity contribution in [1.82, 2.24) is 4.57 Å². The van der Waals surface area contributed by atoms with Crippen molar-refractivity contribution in [3.8, 4) is 11.4 Å². The molecule has 0 saturated heterocycles. The first kappa shape index (κ1) is 19.4. The highest BCUT2D eigenvalue weighted by molar-refractivity contribution is 6.01. The Balaban J connectivity index is 1.82. The molecule has 0 fully saturated rings. The van der Waals surface area contributed by atoms with E-state index in [0.29, 0.717) is 5.56 Å². The fourth-order valence-electron chi connectivity index (χ4n) is 3.46. The van der Waals surface area contributed by atoms with E-state index in [1.165, 1.54) is 12.1 Å². The van der Waals surface area contributed by atoms with Gasteiger partial charge in [0.15, 0.2) is 6.61 Å². The molecular weight excluding hydrogens is 354 g/mol. The van der Waals surface area contributed by atoms with Gasteiger partial charge < -0.3 is 14.4 Å². The highest BCUT2D eigenvalue weighted by atomic mass is 16.5. The number of phenols is 1. The number of carbonyl (C=O) groups is 2. The highest BCUT2D eigenvalue weighted by Gasteiger charge is 2.19. The molecule has 3 aromatic rings. The van der Waals surface area contributed by atoms with Crippen molar-refractivity contribution in [2.45, 2.75) is 27.7 Å². The van der Waals surface area contributed by atoms with E-state index in [-0.39, 0.29) is 23.7 Å². The minimum absolute atomic E-state index is 0.0380. The second-order valence-electron chi connectivity index (χ2n) is 6.98. The van der Waals surface area contributed by atoms with Crippen molar-refractivity contribution in [1.29, 1.82) is 0 Å². The molecule has 144 valence electrons. The van der Waals surface area contributed by atoms with Crippen molar-refractivity contribution >= 4 is 11.8 Å². The van der Waals surface area contributed by atoms with Gasteiger partial charge in [-0.3, -0.25) is 4.79 Å². The standard InChI is InChI=1S/C23H23NO4/c1-14-9-15(2)11-18(10-14)24-16(3)12-20(17(24)4)22(26)13-28-23(27)19-7-5-6-8-21(19)25/h5-12,25H,13H2,1-4H3. The first-order chi connectivity index (χ1) is 13.3. The number of ketones is 1. The molecule has 28 heavy (non-hydrogen) atoms. The van der Waals surface area contributed by atoms with Gasteiger partial charge in [0.25, 0.3) is 0 Å². The Kier molecular flexibility index (Phi) is 5.36. The molecule has 0 bridgehead atoms. The van der Waals surface area contributed by atoms with E-state index in [1.54, 1.807) is 12.1 Å². The number of carbonyl (C=O) groups excluding carboxylic acids is 2. The SMILES string of the molecule is Cc1cc(C)cc(-n2c(C)cc(C(=O)COC(=O)c3ccccc3O)c2C)c1. The Bertz CT molecular complexity index is 1040. The van der Waals surface area contributed by atoms with E-state index >= 15 is 0 Å². The molecule has 0 aliphatic rings. The lowest BCUT2D eigenvalue weighted by Crippen LogP contribution is -2.15. The number of aromatic nitrogens is 1. The molecule has 1 N–H and O–H groups in total. The third-order valence-electron chi connectivity index (χ3n) is 4.65. The van der Waals surface area contributed by atoms with Crippen molar-refractivity contribution < 1.29 is 19.4 Å². The molecule has 5 heteroatoms. The molecule has 0 spiro atoms. The summed E-state index contributed by atoms with van der Waals surface area (Å²) in [4.78, 5) is 24.8. The number of para-hydroxylation sites is 1. The minimum Gasteiger partial charge on any atom is -0.507 e. The molecule has 0 saturated carbocycles. The molecule has 0 radical (unpaired) electrons. The fraction of sp³-hybridized carbons (Fsp3) is 0.217. The van der Waals surface area contributed by atoms with Crippen LogP contribution in [0.25, 0.3) is 5.69 Å². The van der Waals surface area contributed by atoms with Crippen molar-refractivity contribution in [2.75, 3.05) is 6.61 Å². The van der Waals surface area contributed by atoms with Crippen LogP contribution < -0.4 is 0 Å². The fourth-order valence-corrected chi connectivity index (χ4v) is 3.46. The van der Waals surface area contributed by atoms with Gasteiger partial charge in [-0.2, -0.15) is 0 Å². The predicted molar refractivity (Wildman–Crippen MR) is 107 cm³/mol. The van der Waals surface area contributed by atoms with Gasteiger partial charge in [-0.05, 0) is 69.2 Å². The maximum absolute atomic E-state index is 12.7. The van der Waals surface area contributed by atoms with E-state index in [9.17, 15) is 14.7 Å². The van der Waals surface area contributed by atoms with E-state index in [0.717, 1.165) is 28.2 Å². The summed E-state index contributed by atoms with van der Waals surface area (Å²) in [5.74, 6) is -1.19. The second kappa shape index (κ2) is 7.72. The van der Waals surface area contributed by atoms with Crippen molar-refractivity contribution in [3.63, 3.8) is 0 Å². The van der Waals surface area contributed by atoms with Gasteiger partial charge in [0.1, 0.15) is 11.3 Å². The summed E-state index contributed by atoms with van der Waals surface area (Å²) in [7, 11) is 0. The van der Waals surface area contributed by atoms with Gasteiger partial charge in [-0.1, -0.05) is 18.2 Å². The number of phenolic OH excluding ortho intramolecular Hbond substituents is 1. The third-order valence-corrected chi connectivity index (χ3v) is 4.65. The third kappa shape index (κ3) is 3.83. The molecule has 0 aliphatic carbocycles. The number of ether oxygens (including phenoxy) is 1. The van der Waals surface area contributed by atoms with Crippen molar-refractivity contribution in [2.24, 2.45) is 0 Å². The van der Waals surface area contributed by atoms with Gasteiger partial charge >= 0.3 is 5.97 Å². The lowest BCUT2D eigenvalue weighted by molar-refractivity contribution is 0.0471. The van der Waals surface area contributed by atoms with E-state index in [4.69, 9.17) is 4.74 Å². The number of hydrogen-bond donors (Lipinski definition) is 1. The molecule has 5 nitrogen and oxygen atoms in total. The number of aromatic hydroxyl groups is 1. The molecule has 2 aromatic carbocycles. The number of hydrogen-bond acceptors (Lipinski definition) is 4. The summed E-state index contributed by atoms with van der Waals surface area (Å²) in [6.07, 6.45) is 0. The minimum atomic E-state index is -0.727. The Morgan fingerprint density at radius 3 is 2.21 bits per heavy atom. The average molecular weight is 377 g/mol. The van der Waals surface area contributed by atoms with Gasteiger partial charge in [0, 0.05) is 22.6 Å². The first-order valence-electron chi connectivity index (χ1n) is 9.04. The summed E-state index contributed by atoms with van der Waals surface area (Å²) < 4.78 is 7.14. The number of nitrogens with zero attached hydrogens (tertiary/aromatic N) is 1. The van der Waals surface area contributed by atoms with Crippen LogP contribution in [-0.2, 0) is 4.74 Å². The van der Waals surface area contributed by atoms with Crippen LogP contribution >= 0.6 is 0 Å². The molecule has 0 aliphatic heterocycles. The van der Waals surface area contributed by atoms with Crippen LogP contribution in [-0.4, -0.2) is 28.0 Å². The molecular formula is C23H23NO4. The number of benzene rings is 2. The Labute approximate surface area is 164 Å². The number of aryl methyl sites for hydroxylation is 3. The largest absolute Gasteiger partial charge is 0.507 e. The number of esters is 1. The smallest absolute Gasteiger partial charge is 0.342 e. The molecule has 0 unspecified atom stereocenters. The van der Waals surface area contributed by atoms with Gasteiger partial charge in [-0.25, -0.2) is 4.79 Å². The maximum atomic E-state index is 12.7. The number of Topliss-reactive ketones (excluding diaryl/α,β-unsaturated/α-hetero) is 1. The van der Waals surface area contributed by atoms with Crippen LogP contribution in [0.4, 0.5) is 0 Å². The van der Waals surface area contributed by atoms with Crippen LogP contribution in [0.5, 0.6) is 5.75 Å². The highest BCUT2D eigenvalue weighted by Crippen LogP contribution is 2.23.